The highest BCUT2D eigenvalue weighted by molar-refractivity contribution is 6.04. The second-order valence-electron chi connectivity index (χ2n) is 7.94. The van der Waals surface area contributed by atoms with Crippen LogP contribution in [-0.4, -0.2) is 28.1 Å². The fourth-order valence-electron chi connectivity index (χ4n) is 4.08. The van der Waals surface area contributed by atoms with E-state index < -0.39 is 0 Å². The van der Waals surface area contributed by atoms with Crippen LogP contribution in [0.2, 0.25) is 0 Å². The predicted molar refractivity (Wildman–Crippen MR) is 127 cm³/mol. The number of carbonyl (C=O) groups is 2. The Labute approximate surface area is 190 Å². The van der Waals surface area contributed by atoms with Crippen LogP contribution in [-0.2, 0) is 11.3 Å². The molecule has 0 bridgehead atoms. The van der Waals surface area contributed by atoms with E-state index in [0.29, 0.717) is 29.4 Å². The molecule has 2 heterocycles. The lowest BCUT2D eigenvalue weighted by atomic mass is 10.1. The third-order valence-electron chi connectivity index (χ3n) is 5.80. The maximum absolute atomic E-state index is 13.1. The Kier molecular flexibility index (Phi) is 5.44. The van der Waals surface area contributed by atoms with Crippen LogP contribution in [0, 0.1) is 0 Å². The lowest BCUT2D eigenvalue weighted by Crippen LogP contribution is -2.29. The number of aromatic nitrogens is 2. The Hall–Kier alpha value is -4.26. The number of rotatable bonds is 5. The van der Waals surface area contributed by atoms with E-state index in [9.17, 15) is 14.4 Å². The summed E-state index contributed by atoms with van der Waals surface area (Å²) in [5.41, 5.74) is 2.28. The number of amides is 2. The molecule has 2 amide bonds. The summed E-state index contributed by atoms with van der Waals surface area (Å²) in [4.78, 5) is 39.8. The predicted octanol–water partition coefficient (Wildman–Crippen LogP) is 3.44. The molecule has 0 saturated carbocycles. The van der Waals surface area contributed by atoms with Gasteiger partial charge in [0.1, 0.15) is 0 Å². The molecule has 0 unspecified atom stereocenters. The molecule has 0 spiro atoms. The Balaban J connectivity index is 1.41. The number of nitrogens with zero attached hydrogens (tertiary/aromatic N) is 3. The molecule has 7 nitrogen and oxygen atoms in total. The van der Waals surface area contributed by atoms with Gasteiger partial charge in [0.05, 0.1) is 11.1 Å². The second-order valence-corrected chi connectivity index (χ2v) is 7.94. The Bertz CT molecular complexity index is 1390. The van der Waals surface area contributed by atoms with E-state index in [-0.39, 0.29) is 23.1 Å². The van der Waals surface area contributed by atoms with E-state index in [2.05, 4.69) is 10.4 Å². The molecular weight excluding hydrogens is 416 g/mol. The van der Waals surface area contributed by atoms with Crippen LogP contribution in [0.25, 0.3) is 16.5 Å². The van der Waals surface area contributed by atoms with Crippen molar-refractivity contribution in [2.24, 2.45) is 0 Å². The molecule has 5 rings (SSSR count). The molecule has 164 valence electrons. The molecule has 4 aromatic rings. The summed E-state index contributed by atoms with van der Waals surface area (Å²) in [6, 6.07) is 23.6. The molecule has 1 aliphatic heterocycles. The number of anilines is 1. The van der Waals surface area contributed by atoms with Gasteiger partial charge in [-0.15, -0.1) is 0 Å². The second kappa shape index (κ2) is 8.70. The average Bonchev–Trinajstić information content (AvgIpc) is 3.29. The Morgan fingerprint density at radius 2 is 1.55 bits per heavy atom. The minimum atomic E-state index is -0.366. The van der Waals surface area contributed by atoms with E-state index in [1.807, 2.05) is 42.5 Å². The summed E-state index contributed by atoms with van der Waals surface area (Å²) in [7, 11) is 0. The zero-order chi connectivity index (χ0) is 22.8. The molecule has 1 fully saturated rings. The zero-order valence-corrected chi connectivity index (χ0v) is 17.9. The van der Waals surface area contributed by atoms with Gasteiger partial charge >= 0.3 is 0 Å². The molecule has 3 aromatic carbocycles. The van der Waals surface area contributed by atoms with Gasteiger partial charge in [0, 0.05) is 30.6 Å². The molecule has 1 aromatic heterocycles. The SMILES string of the molecule is O=C(NCc1ccc(N2CCCC2=O)cc1)c1nn(-c2ccccc2)c(=O)c2ccccc12. The van der Waals surface area contributed by atoms with Crippen molar-refractivity contribution in [3.05, 3.63) is 100 Å². The highest BCUT2D eigenvalue weighted by Crippen LogP contribution is 2.22. The molecular formula is C26H22N4O3. The van der Waals surface area contributed by atoms with Gasteiger partial charge in [-0.1, -0.05) is 48.5 Å². The lowest BCUT2D eigenvalue weighted by molar-refractivity contribution is -0.117. The smallest absolute Gasteiger partial charge is 0.279 e. The van der Waals surface area contributed by atoms with Crippen molar-refractivity contribution in [1.29, 1.82) is 0 Å². The summed E-state index contributed by atoms with van der Waals surface area (Å²) < 4.78 is 1.26. The normalized spacial score (nSPS) is 13.5. The first-order valence-electron chi connectivity index (χ1n) is 10.9. The quantitative estimate of drug-likeness (QED) is 0.517. The highest BCUT2D eigenvalue weighted by atomic mass is 16.2. The third-order valence-corrected chi connectivity index (χ3v) is 5.80. The van der Waals surface area contributed by atoms with Crippen LogP contribution in [0.3, 0.4) is 0 Å². The lowest BCUT2D eigenvalue weighted by Gasteiger charge is -2.16. The minimum absolute atomic E-state index is 0.141. The van der Waals surface area contributed by atoms with Gasteiger partial charge < -0.3 is 10.2 Å². The molecule has 1 N–H and O–H groups in total. The van der Waals surface area contributed by atoms with Gasteiger partial charge in [0.25, 0.3) is 11.5 Å². The van der Waals surface area contributed by atoms with Gasteiger partial charge in [-0.2, -0.15) is 9.78 Å². The number of benzene rings is 3. The number of hydrogen-bond donors (Lipinski definition) is 1. The zero-order valence-electron chi connectivity index (χ0n) is 17.9. The fraction of sp³-hybridized carbons (Fsp3) is 0.154. The summed E-state index contributed by atoms with van der Waals surface area (Å²) in [6.07, 6.45) is 1.46. The molecule has 0 atom stereocenters. The summed E-state index contributed by atoms with van der Waals surface area (Å²) in [6.45, 7) is 1.04. The molecule has 7 heteroatoms. The van der Waals surface area contributed by atoms with Gasteiger partial charge in [0.2, 0.25) is 5.91 Å². The molecule has 1 aliphatic rings. The van der Waals surface area contributed by atoms with Crippen LogP contribution < -0.4 is 15.8 Å². The van der Waals surface area contributed by atoms with Crippen molar-refractivity contribution < 1.29 is 9.59 Å². The number of para-hydroxylation sites is 1. The maximum Gasteiger partial charge on any atom is 0.279 e. The van der Waals surface area contributed by atoms with Crippen LogP contribution >= 0.6 is 0 Å². The third kappa shape index (κ3) is 4.01. The average molecular weight is 438 g/mol. The minimum Gasteiger partial charge on any atom is -0.347 e. The molecule has 33 heavy (non-hydrogen) atoms. The van der Waals surface area contributed by atoms with Gasteiger partial charge in [0.15, 0.2) is 5.69 Å². The summed E-state index contributed by atoms with van der Waals surface area (Å²) >= 11 is 0. The standard InChI is InChI=1S/C26H22N4O3/c31-23-11-6-16-29(23)19-14-12-18(13-15-19)17-27-25(32)24-21-9-4-5-10-22(21)26(33)30(28-24)20-7-2-1-3-8-20/h1-5,7-10,12-15H,6,11,16-17H2,(H,27,32). The van der Waals surface area contributed by atoms with E-state index in [0.717, 1.165) is 24.2 Å². The highest BCUT2D eigenvalue weighted by Gasteiger charge is 2.21. The van der Waals surface area contributed by atoms with E-state index in [4.69, 9.17) is 0 Å². The number of hydrogen-bond acceptors (Lipinski definition) is 4. The van der Waals surface area contributed by atoms with Crippen LogP contribution in [0.15, 0.2) is 83.7 Å². The molecule has 1 saturated heterocycles. The Morgan fingerprint density at radius 1 is 0.848 bits per heavy atom. The van der Waals surface area contributed by atoms with E-state index in [1.165, 1.54) is 4.68 Å². The van der Waals surface area contributed by atoms with Crippen molar-refractivity contribution in [2.45, 2.75) is 19.4 Å². The van der Waals surface area contributed by atoms with Gasteiger partial charge in [-0.3, -0.25) is 14.4 Å². The molecule has 0 aliphatic carbocycles. The number of fused-ring (bicyclic) bond motifs is 1. The van der Waals surface area contributed by atoms with Crippen LogP contribution in [0.1, 0.15) is 28.9 Å². The topological polar surface area (TPSA) is 84.3 Å². The van der Waals surface area contributed by atoms with Crippen molar-refractivity contribution in [2.75, 3.05) is 11.4 Å². The first-order chi connectivity index (χ1) is 16.1. The maximum atomic E-state index is 13.1. The van der Waals surface area contributed by atoms with Gasteiger partial charge in [-0.25, -0.2) is 0 Å². The van der Waals surface area contributed by atoms with Gasteiger partial charge in [-0.05, 0) is 42.3 Å². The van der Waals surface area contributed by atoms with Crippen molar-refractivity contribution >= 4 is 28.3 Å². The first-order valence-corrected chi connectivity index (χ1v) is 10.9. The van der Waals surface area contributed by atoms with Crippen molar-refractivity contribution in [1.82, 2.24) is 15.1 Å². The van der Waals surface area contributed by atoms with Crippen LogP contribution in [0.5, 0.6) is 0 Å². The Morgan fingerprint density at radius 3 is 2.24 bits per heavy atom. The largest absolute Gasteiger partial charge is 0.347 e. The van der Waals surface area contributed by atoms with Crippen molar-refractivity contribution in [3.63, 3.8) is 0 Å². The number of nitrogens with one attached hydrogen (secondary N) is 1. The monoisotopic (exact) mass is 438 g/mol. The van der Waals surface area contributed by atoms with Crippen molar-refractivity contribution in [3.8, 4) is 5.69 Å². The van der Waals surface area contributed by atoms with E-state index >= 15 is 0 Å². The van der Waals surface area contributed by atoms with Crippen LogP contribution in [0.4, 0.5) is 5.69 Å². The summed E-state index contributed by atoms with van der Waals surface area (Å²) in [5.74, 6) is -0.225. The molecule has 0 radical (unpaired) electrons. The number of carbonyl (C=O) groups excluding carboxylic acids is 2. The van der Waals surface area contributed by atoms with E-state index in [1.54, 1.807) is 41.3 Å². The summed E-state index contributed by atoms with van der Waals surface area (Å²) in [5, 5.41) is 8.25. The fourth-order valence-corrected chi connectivity index (χ4v) is 4.08. The first kappa shape index (κ1) is 20.6.